The highest BCUT2D eigenvalue weighted by Crippen LogP contribution is 2.12. The van der Waals surface area contributed by atoms with Crippen LogP contribution < -0.4 is 16.0 Å². The molecule has 0 saturated heterocycles. The first-order valence-electron chi connectivity index (χ1n) is 7.22. The molecule has 1 rings (SSSR count). The van der Waals surface area contributed by atoms with E-state index in [0.29, 0.717) is 25.5 Å². The van der Waals surface area contributed by atoms with E-state index in [-0.39, 0.29) is 11.9 Å². The molecule has 0 aliphatic rings. The molecule has 21 heavy (non-hydrogen) atoms. The second-order valence-electron chi connectivity index (χ2n) is 4.90. The molecule has 3 N–H and O–H groups in total. The number of carbonyl (C=O) groups is 1. The van der Waals surface area contributed by atoms with E-state index in [1.165, 1.54) is 4.88 Å². The quantitative estimate of drug-likeness (QED) is 0.524. The van der Waals surface area contributed by atoms with Gasteiger partial charge in [-0.15, -0.1) is 11.3 Å². The van der Waals surface area contributed by atoms with Crippen molar-refractivity contribution in [1.82, 2.24) is 20.9 Å². The summed E-state index contributed by atoms with van der Waals surface area (Å²) in [5.74, 6) is 0.723. The van der Waals surface area contributed by atoms with Crippen molar-refractivity contribution in [2.45, 2.75) is 46.2 Å². The monoisotopic (exact) mass is 311 g/mol. The van der Waals surface area contributed by atoms with Crippen LogP contribution in [0.4, 0.5) is 0 Å². The van der Waals surface area contributed by atoms with Gasteiger partial charge in [-0.3, -0.25) is 9.79 Å². The molecule has 0 aromatic carbocycles. The Morgan fingerprint density at radius 3 is 2.76 bits per heavy atom. The lowest BCUT2D eigenvalue weighted by atomic mass is 10.3. The van der Waals surface area contributed by atoms with E-state index < -0.39 is 0 Å². The Hall–Kier alpha value is -1.63. The maximum atomic E-state index is 11.5. The zero-order chi connectivity index (χ0) is 15.7. The highest BCUT2D eigenvalue weighted by Gasteiger charge is 2.05. The summed E-state index contributed by atoms with van der Waals surface area (Å²) in [5.41, 5.74) is 0. The fourth-order valence-corrected chi connectivity index (χ4v) is 2.46. The second kappa shape index (κ2) is 9.33. The van der Waals surface area contributed by atoms with Crippen LogP contribution in [0.5, 0.6) is 0 Å². The SMILES string of the molecule is CCc1cnc(CNC(=NC)NCCC(=O)NC(C)C)s1. The summed E-state index contributed by atoms with van der Waals surface area (Å²) >= 11 is 1.70. The lowest BCUT2D eigenvalue weighted by Crippen LogP contribution is -2.39. The number of thiazole rings is 1. The van der Waals surface area contributed by atoms with E-state index in [9.17, 15) is 4.79 Å². The summed E-state index contributed by atoms with van der Waals surface area (Å²) in [7, 11) is 1.71. The molecule has 0 atom stereocenters. The van der Waals surface area contributed by atoms with Gasteiger partial charge in [0.2, 0.25) is 5.91 Å². The van der Waals surface area contributed by atoms with E-state index in [1.807, 2.05) is 20.0 Å². The second-order valence-corrected chi connectivity index (χ2v) is 6.10. The van der Waals surface area contributed by atoms with Gasteiger partial charge in [0.25, 0.3) is 0 Å². The number of aryl methyl sites for hydroxylation is 1. The molecule has 0 unspecified atom stereocenters. The molecule has 0 aliphatic carbocycles. The zero-order valence-electron chi connectivity index (χ0n) is 13.2. The Labute approximate surface area is 130 Å². The van der Waals surface area contributed by atoms with Crippen molar-refractivity contribution in [3.8, 4) is 0 Å². The molecule has 7 heteroatoms. The van der Waals surface area contributed by atoms with Gasteiger partial charge in [0.15, 0.2) is 5.96 Å². The molecule has 1 amide bonds. The fraction of sp³-hybridized carbons (Fsp3) is 0.643. The number of guanidine groups is 1. The van der Waals surface area contributed by atoms with E-state index in [4.69, 9.17) is 0 Å². The minimum atomic E-state index is 0.0421. The van der Waals surface area contributed by atoms with Gasteiger partial charge in [0.1, 0.15) is 5.01 Å². The number of amides is 1. The lowest BCUT2D eigenvalue weighted by Gasteiger charge is -2.12. The third-order valence-corrected chi connectivity index (χ3v) is 3.82. The van der Waals surface area contributed by atoms with Gasteiger partial charge in [0.05, 0.1) is 6.54 Å². The molecular weight excluding hydrogens is 286 g/mol. The summed E-state index contributed by atoms with van der Waals surface area (Å²) < 4.78 is 0. The summed E-state index contributed by atoms with van der Waals surface area (Å²) in [6, 6.07) is 0.174. The van der Waals surface area contributed by atoms with Crippen LogP contribution in [0.3, 0.4) is 0 Å². The van der Waals surface area contributed by atoms with Crippen molar-refractivity contribution >= 4 is 23.2 Å². The van der Waals surface area contributed by atoms with Gasteiger partial charge >= 0.3 is 0 Å². The first-order valence-corrected chi connectivity index (χ1v) is 8.04. The van der Waals surface area contributed by atoms with Gasteiger partial charge in [-0.05, 0) is 20.3 Å². The van der Waals surface area contributed by atoms with E-state index in [1.54, 1.807) is 18.4 Å². The van der Waals surface area contributed by atoms with Gasteiger partial charge in [0, 0.05) is 37.1 Å². The Morgan fingerprint density at radius 1 is 1.43 bits per heavy atom. The Balaban J connectivity index is 2.27. The molecule has 1 aromatic heterocycles. The Bertz CT molecular complexity index is 470. The maximum absolute atomic E-state index is 11.5. The average Bonchev–Trinajstić information content (AvgIpc) is 2.89. The number of nitrogens with one attached hydrogen (secondary N) is 3. The van der Waals surface area contributed by atoms with Crippen LogP contribution >= 0.6 is 11.3 Å². The van der Waals surface area contributed by atoms with Crippen molar-refractivity contribution in [1.29, 1.82) is 0 Å². The summed E-state index contributed by atoms with van der Waals surface area (Å²) in [6.07, 6.45) is 3.35. The van der Waals surface area contributed by atoms with Crippen molar-refractivity contribution in [3.05, 3.63) is 16.1 Å². The molecular formula is C14H25N5OS. The van der Waals surface area contributed by atoms with Gasteiger partial charge in [-0.1, -0.05) is 6.92 Å². The Kier molecular flexibility index (Phi) is 7.74. The van der Waals surface area contributed by atoms with Crippen LogP contribution in [-0.4, -0.2) is 36.5 Å². The van der Waals surface area contributed by atoms with E-state index >= 15 is 0 Å². The third kappa shape index (κ3) is 7.08. The molecule has 118 valence electrons. The van der Waals surface area contributed by atoms with Gasteiger partial charge < -0.3 is 16.0 Å². The van der Waals surface area contributed by atoms with Crippen LogP contribution in [0.1, 0.15) is 37.1 Å². The molecule has 0 bridgehead atoms. The maximum Gasteiger partial charge on any atom is 0.221 e. The van der Waals surface area contributed by atoms with Gasteiger partial charge in [-0.2, -0.15) is 0 Å². The van der Waals surface area contributed by atoms with Gasteiger partial charge in [-0.25, -0.2) is 4.98 Å². The number of aliphatic imine (C=N–C) groups is 1. The number of hydrogen-bond acceptors (Lipinski definition) is 4. The highest BCUT2D eigenvalue weighted by molar-refractivity contribution is 7.11. The van der Waals surface area contributed by atoms with Crippen molar-refractivity contribution < 1.29 is 4.79 Å². The predicted molar refractivity (Wildman–Crippen MR) is 87.6 cm³/mol. The standard InChI is InChI=1S/C14H25N5OS/c1-5-11-8-17-13(21-11)9-18-14(15-4)16-7-6-12(20)19-10(2)3/h8,10H,5-7,9H2,1-4H3,(H,19,20)(H2,15,16,18). The van der Waals surface area contributed by atoms with Crippen LogP contribution in [-0.2, 0) is 17.8 Å². The third-order valence-electron chi connectivity index (χ3n) is 2.67. The summed E-state index contributed by atoms with van der Waals surface area (Å²) in [6.45, 7) is 7.21. The van der Waals surface area contributed by atoms with Crippen LogP contribution in [0.2, 0.25) is 0 Å². The first kappa shape index (κ1) is 17.4. The molecule has 1 heterocycles. The van der Waals surface area contributed by atoms with Crippen molar-refractivity contribution in [2.75, 3.05) is 13.6 Å². The van der Waals surface area contributed by atoms with Crippen molar-refractivity contribution in [3.63, 3.8) is 0 Å². The number of carbonyl (C=O) groups excluding carboxylic acids is 1. The predicted octanol–water partition coefficient (Wildman–Crippen LogP) is 1.29. The van der Waals surface area contributed by atoms with E-state index in [2.05, 4.69) is 32.9 Å². The smallest absolute Gasteiger partial charge is 0.221 e. The molecule has 0 aliphatic heterocycles. The average molecular weight is 311 g/mol. The minimum Gasteiger partial charge on any atom is -0.356 e. The first-order chi connectivity index (χ1) is 10.0. The Morgan fingerprint density at radius 2 is 2.19 bits per heavy atom. The van der Waals surface area contributed by atoms with Crippen LogP contribution in [0.15, 0.2) is 11.2 Å². The topological polar surface area (TPSA) is 78.4 Å². The lowest BCUT2D eigenvalue weighted by molar-refractivity contribution is -0.121. The van der Waals surface area contributed by atoms with Crippen LogP contribution in [0, 0.1) is 0 Å². The number of hydrogen-bond donors (Lipinski definition) is 3. The number of rotatable bonds is 7. The van der Waals surface area contributed by atoms with Crippen LogP contribution in [0.25, 0.3) is 0 Å². The van der Waals surface area contributed by atoms with Crippen molar-refractivity contribution in [2.24, 2.45) is 4.99 Å². The summed E-state index contributed by atoms with van der Waals surface area (Å²) in [4.78, 5) is 21.3. The normalized spacial score (nSPS) is 11.6. The summed E-state index contributed by atoms with van der Waals surface area (Å²) in [5, 5.41) is 10.2. The zero-order valence-corrected chi connectivity index (χ0v) is 14.0. The molecule has 0 saturated carbocycles. The molecule has 0 spiro atoms. The highest BCUT2D eigenvalue weighted by atomic mass is 32.1. The number of aromatic nitrogens is 1. The van der Waals surface area contributed by atoms with E-state index in [0.717, 1.165) is 11.4 Å². The molecule has 0 radical (unpaired) electrons. The largest absolute Gasteiger partial charge is 0.356 e. The minimum absolute atomic E-state index is 0.0421. The molecule has 0 fully saturated rings. The number of nitrogens with zero attached hydrogens (tertiary/aromatic N) is 2. The molecule has 1 aromatic rings. The fourth-order valence-electron chi connectivity index (χ4n) is 1.66. The molecule has 6 nitrogen and oxygen atoms in total.